The van der Waals surface area contributed by atoms with Gasteiger partial charge < -0.3 is 4.74 Å². The Morgan fingerprint density at radius 3 is 2.30 bits per heavy atom. The number of halogens is 3. The Morgan fingerprint density at radius 1 is 1.15 bits per heavy atom. The Hall–Kier alpha value is -1.26. The first kappa shape index (κ1) is 18.7. The summed E-state index contributed by atoms with van der Waals surface area (Å²) in [7, 11) is 0. The van der Waals surface area contributed by atoms with Gasteiger partial charge in [0.1, 0.15) is 5.76 Å². The number of hydrogen-bond acceptors (Lipinski definition) is 2. The van der Waals surface area contributed by atoms with Crippen molar-refractivity contribution in [2.45, 2.75) is 57.5 Å². The highest BCUT2D eigenvalue weighted by Crippen LogP contribution is 2.33. The van der Waals surface area contributed by atoms with E-state index in [1.807, 2.05) is 0 Å². The minimum Gasteiger partial charge on any atom is -0.434 e. The van der Waals surface area contributed by atoms with Gasteiger partial charge in [-0.05, 0) is 19.3 Å². The maximum absolute atomic E-state index is 12.6. The maximum atomic E-state index is 12.6. The molecule has 0 bridgehead atoms. The number of carbonyl (C=O) groups excluding carboxylic acids is 1. The van der Waals surface area contributed by atoms with Gasteiger partial charge in [-0.1, -0.05) is 38.3 Å². The Morgan fingerprint density at radius 2 is 1.75 bits per heavy atom. The number of carbonyl (C=O) groups is 1. The van der Waals surface area contributed by atoms with Crippen molar-refractivity contribution < 1.29 is 22.7 Å². The van der Waals surface area contributed by atoms with Gasteiger partial charge in [-0.25, -0.2) is 0 Å². The second kappa shape index (κ2) is 10.5. The average Bonchev–Trinajstić information content (AvgIpc) is 2.35. The molecule has 0 amide bonds. The van der Waals surface area contributed by atoms with E-state index in [2.05, 4.69) is 17.9 Å². The fourth-order valence-corrected chi connectivity index (χ4v) is 1.99. The SMILES string of the molecule is C=CC[C@@H](CCCCCCCC(=C)OC=O)C(F)(F)F. The molecule has 0 saturated heterocycles. The zero-order valence-electron chi connectivity index (χ0n) is 11.8. The summed E-state index contributed by atoms with van der Waals surface area (Å²) in [5, 5.41) is 0. The van der Waals surface area contributed by atoms with Crippen molar-refractivity contribution in [2.24, 2.45) is 5.92 Å². The molecule has 5 heteroatoms. The van der Waals surface area contributed by atoms with Crippen LogP contribution in [0.4, 0.5) is 13.2 Å². The number of alkyl halides is 3. The lowest BCUT2D eigenvalue weighted by atomic mass is 9.96. The van der Waals surface area contributed by atoms with Crippen molar-refractivity contribution in [3.8, 4) is 0 Å². The summed E-state index contributed by atoms with van der Waals surface area (Å²) < 4.78 is 42.4. The molecular formula is C15H23F3O2. The van der Waals surface area contributed by atoms with E-state index in [-0.39, 0.29) is 12.8 Å². The first-order valence-corrected chi connectivity index (χ1v) is 6.87. The molecule has 2 nitrogen and oxygen atoms in total. The van der Waals surface area contributed by atoms with Crippen molar-refractivity contribution in [2.75, 3.05) is 0 Å². The van der Waals surface area contributed by atoms with Gasteiger partial charge in [-0.2, -0.15) is 13.2 Å². The van der Waals surface area contributed by atoms with Gasteiger partial charge in [0.25, 0.3) is 6.47 Å². The van der Waals surface area contributed by atoms with Crippen LogP contribution in [-0.2, 0) is 9.53 Å². The lowest BCUT2D eigenvalue weighted by molar-refractivity contribution is -0.175. The van der Waals surface area contributed by atoms with Crippen molar-refractivity contribution in [1.82, 2.24) is 0 Å². The third-order valence-electron chi connectivity index (χ3n) is 3.14. The molecule has 0 aliphatic heterocycles. The van der Waals surface area contributed by atoms with Gasteiger partial charge in [0.2, 0.25) is 0 Å². The van der Waals surface area contributed by atoms with Gasteiger partial charge in [-0.3, -0.25) is 4.79 Å². The zero-order chi connectivity index (χ0) is 15.4. The maximum Gasteiger partial charge on any atom is 0.392 e. The second-order valence-corrected chi connectivity index (χ2v) is 4.82. The van der Waals surface area contributed by atoms with Crippen LogP contribution in [0.5, 0.6) is 0 Å². The Labute approximate surface area is 118 Å². The molecule has 0 fully saturated rings. The topological polar surface area (TPSA) is 26.3 Å². The lowest BCUT2D eigenvalue weighted by Crippen LogP contribution is -2.22. The molecule has 0 rings (SSSR count). The van der Waals surface area contributed by atoms with Gasteiger partial charge in [0.15, 0.2) is 0 Å². The molecule has 0 aromatic heterocycles. The van der Waals surface area contributed by atoms with E-state index in [4.69, 9.17) is 0 Å². The normalized spacial score (nSPS) is 12.8. The molecular weight excluding hydrogens is 269 g/mol. The predicted molar refractivity (Wildman–Crippen MR) is 73.0 cm³/mol. The molecule has 0 aliphatic carbocycles. The highest BCUT2D eigenvalue weighted by molar-refractivity contribution is 5.39. The van der Waals surface area contributed by atoms with Gasteiger partial charge in [0.05, 0.1) is 5.92 Å². The summed E-state index contributed by atoms with van der Waals surface area (Å²) in [6.07, 6.45) is 1.95. The second-order valence-electron chi connectivity index (χ2n) is 4.82. The molecule has 0 aromatic rings. The first-order chi connectivity index (χ1) is 9.41. The Bertz CT molecular complexity index is 298. The van der Waals surface area contributed by atoms with E-state index >= 15 is 0 Å². The molecule has 0 spiro atoms. The molecule has 0 aromatic carbocycles. The number of allylic oxidation sites excluding steroid dienone is 2. The smallest absolute Gasteiger partial charge is 0.392 e. The molecule has 1 atom stereocenters. The van der Waals surface area contributed by atoms with Crippen molar-refractivity contribution >= 4 is 6.47 Å². The standard InChI is InChI=1S/C15H23F3O2/c1-3-9-14(15(16,17)18)11-8-6-4-5-7-10-13(2)20-12-19/h3,12,14H,1-2,4-11H2/t14-/m0/s1. The zero-order valence-corrected chi connectivity index (χ0v) is 11.8. The van der Waals surface area contributed by atoms with Crippen LogP contribution in [0.25, 0.3) is 0 Å². The summed E-state index contributed by atoms with van der Waals surface area (Å²) in [5.74, 6) is -0.830. The van der Waals surface area contributed by atoms with Gasteiger partial charge >= 0.3 is 6.18 Å². The fourth-order valence-electron chi connectivity index (χ4n) is 1.99. The average molecular weight is 292 g/mol. The Balaban J connectivity index is 3.62. The van der Waals surface area contributed by atoms with Crippen molar-refractivity contribution in [3.63, 3.8) is 0 Å². The van der Waals surface area contributed by atoms with Crippen LogP contribution < -0.4 is 0 Å². The highest BCUT2D eigenvalue weighted by Gasteiger charge is 2.37. The van der Waals surface area contributed by atoms with E-state index in [0.29, 0.717) is 25.1 Å². The molecule has 0 N–H and O–H groups in total. The summed E-state index contributed by atoms with van der Waals surface area (Å²) in [5.41, 5.74) is 0. The minimum absolute atomic E-state index is 0.00758. The lowest BCUT2D eigenvalue weighted by Gasteiger charge is -2.18. The van der Waals surface area contributed by atoms with Crippen LogP contribution in [0.2, 0.25) is 0 Å². The molecule has 116 valence electrons. The molecule has 0 heterocycles. The van der Waals surface area contributed by atoms with Gasteiger partial charge in [-0.15, -0.1) is 6.58 Å². The summed E-state index contributed by atoms with van der Waals surface area (Å²) in [4.78, 5) is 10.0. The molecule has 0 unspecified atom stereocenters. The summed E-state index contributed by atoms with van der Waals surface area (Å²) in [6.45, 7) is 7.28. The van der Waals surface area contributed by atoms with E-state index in [9.17, 15) is 18.0 Å². The summed E-state index contributed by atoms with van der Waals surface area (Å²) in [6, 6.07) is 0. The molecule has 0 aliphatic rings. The number of ether oxygens (including phenoxy) is 1. The van der Waals surface area contributed by atoms with Crippen LogP contribution >= 0.6 is 0 Å². The van der Waals surface area contributed by atoms with Gasteiger partial charge in [0, 0.05) is 6.42 Å². The molecule has 0 radical (unpaired) electrons. The van der Waals surface area contributed by atoms with E-state index in [0.717, 1.165) is 25.7 Å². The van der Waals surface area contributed by atoms with E-state index < -0.39 is 12.1 Å². The number of unbranched alkanes of at least 4 members (excludes halogenated alkanes) is 4. The third kappa shape index (κ3) is 9.64. The minimum atomic E-state index is -4.13. The largest absolute Gasteiger partial charge is 0.434 e. The highest BCUT2D eigenvalue weighted by atomic mass is 19.4. The third-order valence-corrected chi connectivity index (χ3v) is 3.14. The van der Waals surface area contributed by atoms with Crippen LogP contribution in [0.15, 0.2) is 25.0 Å². The monoisotopic (exact) mass is 292 g/mol. The van der Waals surface area contributed by atoms with E-state index in [1.54, 1.807) is 0 Å². The van der Waals surface area contributed by atoms with Crippen molar-refractivity contribution in [1.29, 1.82) is 0 Å². The quantitative estimate of drug-likeness (QED) is 0.215. The Kier molecular flexibility index (Phi) is 9.86. The summed E-state index contributed by atoms with van der Waals surface area (Å²) >= 11 is 0. The fraction of sp³-hybridized carbons (Fsp3) is 0.667. The number of rotatable bonds is 12. The van der Waals surface area contributed by atoms with Crippen LogP contribution in [-0.4, -0.2) is 12.6 Å². The van der Waals surface area contributed by atoms with Crippen LogP contribution in [0, 0.1) is 5.92 Å². The van der Waals surface area contributed by atoms with Crippen molar-refractivity contribution in [3.05, 3.63) is 25.0 Å². The number of hydrogen-bond donors (Lipinski definition) is 0. The first-order valence-electron chi connectivity index (χ1n) is 6.87. The van der Waals surface area contributed by atoms with Crippen LogP contribution in [0.3, 0.4) is 0 Å². The van der Waals surface area contributed by atoms with Crippen LogP contribution in [0.1, 0.15) is 51.4 Å². The van der Waals surface area contributed by atoms with E-state index in [1.165, 1.54) is 6.08 Å². The predicted octanol–water partition coefficient (Wildman–Crippen LogP) is 5.16. The molecule has 0 saturated carbocycles. The molecule has 20 heavy (non-hydrogen) atoms.